The molecule has 2 amide bonds. The maximum atomic E-state index is 13.1. The predicted molar refractivity (Wildman–Crippen MR) is 137 cm³/mol. The van der Waals surface area contributed by atoms with Gasteiger partial charge in [0.15, 0.2) is 5.17 Å². The smallest absolute Gasteiger partial charge is 0.262 e. The van der Waals surface area contributed by atoms with Crippen LogP contribution in [0.1, 0.15) is 35.6 Å². The van der Waals surface area contributed by atoms with Crippen molar-refractivity contribution < 1.29 is 14.0 Å². The lowest BCUT2D eigenvalue weighted by Gasteiger charge is -2.23. The minimum Gasteiger partial charge on any atom is -0.326 e. The largest absolute Gasteiger partial charge is 0.326 e. The fraction of sp³-hybridized carbons (Fsp3) is 0.185. The van der Waals surface area contributed by atoms with Gasteiger partial charge in [0.2, 0.25) is 5.91 Å². The second-order valence-electron chi connectivity index (χ2n) is 8.49. The Kier molecular flexibility index (Phi) is 6.46. The van der Waals surface area contributed by atoms with Gasteiger partial charge < -0.3 is 5.32 Å². The molecular weight excluding hydrogens is 463 g/mol. The van der Waals surface area contributed by atoms with E-state index in [0.29, 0.717) is 17.3 Å². The third kappa shape index (κ3) is 5.17. The maximum Gasteiger partial charge on any atom is 0.262 e. The lowest BCUT2D eigenvalue weighted by Crippen LogP contribution is -2.25. The van der Waals surface area contributed by atoms with E-state index in [0.717, 1.165) is 22.4 Å². The zero-order chi connectivity index (χ0) is 24.4. The number of nitrogens with one attached hydrogen (secondary N) is 1. The van der Waals surface area contributed by atoms with Crippen molar-refractivity contribution in [1.82, 2.24) is 5.01 Å². The molecule has 5 rings (SSSR count). The molecule has 2 atom stereocenters. The Labute approximate surface area is 207 Å². The number of hydrogen-bond donors (Lipinski definition) is 1. The molecule has 2 aliphatic heterocycles. The van der Waals surface area contributed by atoms with Crippen LogP contribution >= 0.6 is 11.8 Å². The fourth-order valence-electron chi connectivity index (χ4n) is 4.06. The van der Waals surface area contributed by atoms with Gasteiger partial charge in [-0.25, -0.2) is 9.40 Å². The van der Waals surface area contributed by atoms with Gasteiger partial charge in [0.25, 0.3) is 5.91 Å². The number of aliphatic imine (C=N–C) groups is 1. The van der Waals surface area contributed by atoms with E-state index in [4.69, 9.17) is 5.10 Å². The first-order valence-corrected chi connectivity index (χ1v) is 12.2. The summed E-state index contributed by atoms with van der Waals surface area (Å²) in [5.41, 5.74) is 4.67. The molecular formula is C27H23FN4O2S. The van der Waals surface area contributed by atoms with Crippen LogP contribution in [0.2, 0.25) is 0 Å². The molecule has 0 spiro atoms. The van der Waals surface area contributed by atoms with Gasteiger partial charge >= 0.3 is 0 Å². The van der Waals surface area contributed by atoms with Crippen molar-refractivity contribution in [3.8, 4) is 0 Å². The summed E-state index contributed by atoms with van der Waals surface area (Å²) in [7, 11) is 0. The van der Waals surface area contributed by atoms with Gasteiger partial charge in [-0.15, -0.1) is 0 Å². The number of amidine groups is 1. The van der Waals surface area contributed by atoms with Crippen LogP contribution in [-0.2, 0) is 9.59 Å². The number of amides is 2. The summed E-state index contributed by atoms with van der Waals surface area (Å²) in [6, 6.07) is 23.6. The Morgan fingerprint density at radius 1 is 1.06 bits per heavy atom. The highest BCUT2D eigenvalue weighted by Gasteiger charge is 2.39. The molecule has 3 aromatic carbocycles. The molecule has 0 saturated carbocycles. The average molecular weight is 487 g/mol. The summed E-state index contributed by atoms with van der Waals surface area (Å²) in [5, 5.41) is 9.23. The van der Waals surface area contributed by atoms with Crippen molar-refractivity contribution in [2.75, 3.05) is 5.32 Å². The zero-order valence-corrected chi connectivity index (χ0v) is 19.8. The van der Waals surface area contributed by atoms with Gasteiger partial charge in [-0.05, 0) is 42.3 Å². The number of carbonyl (C=O) groups excluding carboxylic acids is 2. The van der Waals surface area contributed by atoms with Crippen molar-refractivity contribution in [3.05, 3.63) is 101 Å². The van der Waals surface area contributed by atoms with Crippen LogP contribution in [0, 0.1) is 12.7 Å². The summed E-state index contributed by atoms with van der Waals surface area (Å²) >= 11 is 1.25. The Morgan fingerprint density at radius 2 is 1.77 bits per heavy atom. The molecule has 176 valence electrons. The summed E-state index contributed by atoms with van der Waals surface area (Å²) in [5.74, 6) is -1.07. The molecule has 1 N–H and O–H groups in total. The van der Waals surface area contributed by atoms with Crippen LogP contribution in [0.4, 0.5) is 10.1 Å². The number of thioether (sulfide) groups is 1. The van der Waals surface area contributed by atoms with Crippen LogP contribution in [0.25, 0.3) is 0 Å². The number of rotatable bonds is 5. The molecule has 2 unspecified atom stereocenters. The van der Waals surface area contributed by atoms with Crippen molar-refractivity contribution in [2.45, 2.75) is 31.1 Å². The van der Waals surface area contributed by atoms with E-state index >= 15 is 0 Å². The van der Waals surface area contributed by atoms with E-state index in [9.17, 15) is 14.0 Å². The topological polar surface area (TPSA) is 74.1 Å². The number of hydrazone groups is 1. The minimum atomic E-state index is -0.639. The number of aryl methyl sites for hydroxylation is 1. The molecule has 0 bridgehead atoms. The Morgan fingerprint density at radius 3 is 2.49 bits per heavy atom. The Balaban J connectivity index is 1.34. The molecule has 0 aromatic heterocycles. The van der Waals surface area contributed by atoms with Gasteiger partial charge in [0, 0.05) is 18.5 Å². The first-order valence-electron chi connectivity index (χ1n) is 11.3. The van der Waals surface area contributed by atoms with E-state index < -0.39 is 5.25 Å². The van der Waals surface area contributed by atoms with E-state index in [1.54, 1.807) is 0 Å². The van der Waals surface area contributed by atoms with E-state index in [2.05, 4.69) is 34.6 Å². The van der Waals surface area contributed by atoms with Gasteiger partial charge in [0.05, 0.1) is 11.8 Å². The van der Waals surface area contributed by atoms with Crippen LogP contribution in [0.15, 0.2) is 89.0 Å². The van der Waals surface area contributed by atoms with Crippen LogP contribution in [0.5, 0.6) is 0 Å². The molecule has 0 aliphatic carbocycles. The number of halogens is 1. The molecule has 35 heavy (non-hydrogen) atoms. The Hall–Kier alpha value is -3.78. The lowest BCUT2D eigenvalue weighted by atomic mass is 9.98. The minimum absolute atomic E-state index is 0.0355. The quantitative estimate of drug-likeness (QED) is 0.530. The highest BCUT2D eigenvalue weighted by atomic mass is 32.2. The predicted octanol–water partition coefficient (Wildman–Crippen LogP) is 5.31. The van der Waals surface area contributed by atoms with Crippen molar-refractivity contribution in [1.29, 1.82) is 0 Å². The number of anilines is 1. The van der Waals surface area contributed by atoms with Gasteiger partial charge in [0.1, 0.15) is 11.1 Å². The number of benzene rings is 3. The molecule has 2 aliphatic rings. The molecule has 0 fully saturated rings. The SMILES string of the molecule is Cc1ccc(C2CC(c3ccccc3)=NN2C2=NC(=O)C(CC(=O)Nc3ccc(F)cc3)S2)cc1. The van der Waals surface area contributed by atoms with Crippen molar-refractivity contribution in [3.63, 3.8) is 0 Å². The standard InChI is InChI=1S/C27H23FN4O2S/c1-17-7-9-19(10-8-17)23-15-22(18-5-3-2-4-6-18)31-32(23)27-30-26(34)24(35-27)16-25(33)29-21-13-11-20(28)12-14-21/h2-14,23-24H,15-16H2,1H3,(H,29,33). The first-order chi connectivity index (χ1) is 17.0. The van der Waals surface area contributed by atoms with Crippen LogP contribution in [-0.4, -0.2) is 33.0 Å². The highest BCUT2D eigenvalue weighted by molar-refractivity contribution is 8.15. The third-order valence-electron chi connectivity index (χ3n) is 5.90. The normalized spacial score (nSPS) is 19.5. The third-order valence-corrected chi connectivity index (χ3v) is 7.05. The van der Waals surface area contributed by atoms with Crippen molar-refractivity contribution >= 4 is 40.1 Å². The van der Waals surface area contributed by atoms with Crippen molar-refractivity contribution in [2.24, 2.45) is 10.1 Å². The lowest BCUT2D eigenvalue weighted by molar-refractivity contribution is -0.121. The molecule has 8 heteroatoms. The molecule has 0 radical (unpaired) electrons. The number of carbonyl (C=O) groups is 2. The molecule has 3 aromatic rings. The van der Waals surface area contributed by atoms with E-state index in [1.165, 1.54) is 36.0 Å². The summed E-state index contributed by atoms with van der Waals surface area (Å²) in [4.78, 5) is 29.5. The fourth-order valence-corrected chi connectivity index (χ4v) is 5.12. The van der Waals surface area contributed by atoms with Gasteiger partial charge in [-0.3, -0.25) is 9.59 Å². The maximum absolute atomic E-state index is 13.1. The monoisotopic (exact) mass is 486 g/mol. The van der Waals surface area contributed by atoms with Gasteiger partial charge in [-0.1, -0.05) is 71.9 Å². The number of nitrogens with zero attached hydrogens (tertiary/aromatic N) is 3. The Bertz CT molecular complexity index is 1310. The summed E-state index contributed by atoms with van der Waals surface area (Å²) in [6.07, 6.45) is 0.642. The molecule has 2 heterocycles. The highest BCUT2D eigenvalue weighted by Crippen LogP contribution is 2.38. The molecule has 6 nitrogen and oxygen atoms in total. The van der Waals surface area contributed by atoms with Gasteiger partial charge in [-0.2, -0.15) is 10.1 Å². The second kappa shape index (κ2) is 9.84. The zero-order valence-electron chi connectivity index (χ0n) is 19.0. The average Bonchev–Trinajstić information content (AvgIpc) is 3.46. The summed E-state index contributed by atoms with van der Waals surface area (Å²) < 4.78 is 13.1. The molecule has 0 saturated heterocycles. The van der Waals surface area contributed by atoms with Crippen LogP contribution < -0.4 is 5.32 Å². The first kappa shape index (κ1) is 23.0. The summed E-state index contributed by atoms with van der Waals surface area (Å²) in [6.45, 7) is 2.04. The van der Waals surface area contributed by atoms with E-state index in [-0.39, 0.29) is 30.1 Å². The number of hydrogen-bond acceptors (Lipinski definition) is 5. The van der Waals surface area contributed by atoms with Crippen LogP contribution in [0.3, 0.4) is 0 Å². The van der Waals surface area contributed by atoms with E-state index in [1.807, 2.05) is 42.3 Å². The second-order valence-corrected chi connectivity index (χ2v) is 9.66.